The van der Waals surface area contributed by atoms with E-state index in [4.69, 9.17) is 4.74 Å². The van der Waals surface area contributed by atoms with Crippen molar-refractivity contribution in [3.63, 3.8) is 0 Å². The average molecular weight is 446 g/mol. The van der Waals surface area contributed by atoms with Gasteiger partial charge in [0.2, 0.25) is 0 Å². The van der Waals surface area contributed by atoms with Crippen LogP contribution in [0.3, 0.4) is 0 Å². The lowest BCUT2D eigenvalue weighted by molar-refractivity contribution is -0.149. The summed E-state index contributed by atoms with van der Waals surface area (Å²) < 4.78 is 48.5. The number of hydrogen-bond acceptors (Lipinski definition) is 6. The zero-order chi connectivity index (χ0) is 23.0. The Morgan fingerprint density at radius 1 is 1.22 bits per heavy atom. The third kappa shape index (κ3) is 2.82. The maximum absolute atomic E-state index is 14.1. The van der Waals surface area contributed by atoms with E-state index < -0.39 is 28.9 Å². The molecule has 2 aromatic heterocycles. The number of ether oxygens (including phenoxy) is 1. The Bertz CT molecular complexity index is 1380. The molecule has 5 rings (SSSR count). The minimum atomic E-state index is -4.76. The standard InChI is InChI=1S/C22H17F3N2O5/c1-2-21(31)7-17(29)32-9-13-14(21)6-16-19-12(8-27(16)20(13)30)18(22(23,24)25)11-5-10(28)3-4-15(11)26-19/h3-6,28,31H,2,7-9H2,1H3. The highest BCUT2D eigenvalue weighted by atomic mass is 19.4. The molecule has 0 amide bonds. The Balaban J connectivity index is 1.85. The first-order valence-corrected chi connectivity index (χ1v) is 9.92. The molecule has 0 radical (unpaired) electrons. The average Bonchev–Trinajstić information content (AvgIpc) is 3.01. The summed E-state index contributed by atoms with van der Waals surface area (Å²) in [6.07, 6.45) is -5.03. The summed E-state index contributed by atoms with van der Waals surface area (Å²) in [4.78, 5) is 29.6. The number of halogens is 3. The monoisotopic (exact) mass is 446 g/mol. The summed E-state index contributed by atoms with van der Waals surface area (Å²) in [5.74, 6) is -1.00. The van der Waals surface area contributed by atoms with Gasteiger partial charge in [0, 0.05) is 10.9 Å². The number of nitrogens with zero attached hydrogens (tertiary/aromatic N) is 2. The van der Waals surface area contributed by atoms with Crippen LogP contribution in [0.5, 0.6) is 5.75 Å². The Kier molecular flexibility index (Phi) is 4.20. The molecular weight excluding hydrogens is 429 g/mol. The Labute approximate surface area is 178 Å². The second-order valence-electron chi connectivity index (χ2n) is 8.05. The van der Waals surface area contributed by atoms with Crippen LogP contribution in [0.25, 0.3) is 22.3 Å². The fourth-order valence-corrected chi connectivity index (χ4v) is 4.59. The predicted molar refractivity (Wildman–Crippen MR) is 106 cm³/mol. The molecule has 0 aliphatic carbocycles. The molecule has 10 heteroatoms. The summed E-state index contributed by atoms with van der Waals surface area (Å²) in [7, 11) is 0. The van der Waals surface area contributed by atoms with Crippen LogP contribution in [-0.2, 0) is 34.5 Å². The van der Waals surface area contributed by atoms with Crippen LogP contribution in [0.1, 0.15) is 42.0 Å². The van der Waals surface area contributed by atoms with Crippen LogP contribution in [0.4, 0.5) is 13.2 Å². The smallest absolute Gasteiger partial charge is 0.417 e. The molecule has 3 aromatic rings. The number of fused-ring (bicyclic) bond motifs is 5. The van der Waals surface area contributed by atoms with Crippen LogP contribution in [0.2, 0.25) is 0 Å². The second-order valence-corrected chi connectivity index (χ2v) is 8.05. The molecule has 0 saturated carbocycles. The normalized spacial score (nSPS) is 19.8. The number of pyridine rings is 2. The van der Waals surface area contributed by atoms with Crippen molar-refractivity contribution in [2.24, 2.45) is 0 Å². The number of aromatic nitrogens is 2. The van der Waals surface area contributed by atoms with Crippen molar-refractivity contribution in [3.05, 3.63) is 56.9 Å². The minimum Gasteiger partial charge on any atom is -0.508 e. The Hall–Kier alpha value is -3.40. The highest BCUT2D eigenvalue weighted by molar-refractivity contribution is 5.89. The van der Waals surface area contributed by atoms with E-state index in [0.717, 1.165) is 10.6 Å². The first kappa shape index (κ1) is 20.5. The maximum atomic E-state index is 14.1. The van der Waals surface area contributed by atoms with Gasteiger partial charge in [-0.15, -0.1) is 0 Å². The zero-order valence-electron chi connectivity index (χ0n) is 16.8. The number of cyclic esters (lactones) is 1. The van der Waals surface area contributed by atoms with Gasteiger partial charge in [0.15, 0.2) is 0 Å². The molecule has 0 fully saturated rings. The van der Waals surface area contributed by atoms with Gasteiger partial charge < -0.3 is 19.5 Å². The van der Waals surface area contributed by atoms with Gasteiger partial charge in [-0.25, -0.2) is 4.98 Å². The van der Waals surface area contributed by atoms with Gasteiger partial charge in [-0.1, -0.05) is 6.92 Å². The van der Waals surface area contributed by atoms with E-state index in [1.165, 1.54) is 18.2 Å². The second kappa shape index (κ2) is 6.55. The summed E-state index contributed by atoms with van der Waals surface area (Å²) >= 11 is 0. The van der Waals surface area contributed by atoms with Gasteiger partial charge in [-0.3, -0.25) is 9.59 Å². The van der Waals surface area contributed by atoms with E-state index in [1.54, 1.807) is 6.92 Å². The molecule has 1 unspecified atom stereocenters. The number of hydrogen-bond donors (Lipinski definition) is 2. The van der Waals surface area contributed by atoms with Crippen LogP contribution < -0.4 is 5.56 Å². The zero-order valence-corrected chi connectivity index (χ0v) is 16.8. The minimum absolute atomic E-state index is 0.00832. The van der Waals surface area contributed by atoms with Crippen molar-refractivity contribution in [2.75, 3.05) is 0 Å². The van der Waals surface area contributed by atoms with Gasteiger partial charge in [0.25, 0.3) is 5.56 Å². The highest BCUT2D eigenvalue weighted by Gasteiger charge is 2.43. The number of aliphatic hydroxyl groups is 1. The quantitative estimate of drug-likeness (QED) is 0.436. The molecule has 2 aliphatic rings. The first-order valence-electron chi connectivity index (χ1n) is 9.92. The molecule has 2 N–H and O–H groups in total. The SMILES string of the molecule is CCC1(O)CC(=O)OCc2c1cc1n(c2=O)Cc2c-1nc1ccc(O)cc1c2C(F)(F)F. The van der Waals surface area contributed by atoms with Crippen LogP contribution in [0, 0.1) is 0 Å². The summed E-state index contributed by atoms with van der Waals surface area (Å²) in [6.45, 7) is 0.880. The summed E-state index contributed by atoms with van der Waals surface area (Å²) in [6, 6.07) is 4.95. The molecule has 166 valence electrons. The van der Waals surface area contributed by atoms with Gasteiger partial charge >= 0.3 is 12.1 Å². The molecule has 4 heterocycles. The summed E-state index contributed by atoms with van der Waals surface area (Å²) in [5.41, 5.74) is -3.17. The number of phenolic OH excluding ortho intramolecular Hbond substituents is 1. The number of aromatic hydroxyl groups is 1. The van der Waals surface area contributed by atoms with Crippen molar-refractivity contribution in [1.82, 2.24) is 9.55 Å². The molecule has 0 bridgehead atoms. The molecule has 32 heavy (non-hydrogen) atoms. The van der Waals surface area contributed by atoms with Gasteiger partial charge in [0.1, 0.15) is 18.0 Å². The largest absolute Gasteiger partial charge is 0.508 e. The number of alkyl halides is 3. The van der Waals surface area contributed by atoms with Crippen molar-refractivity contribution < 1.29 is 32.9 Å². The number of carbonyl (C=O) groups is 1. The van der Waals surface area contributed by atoms with E-state index in [9.17, 15) is 33.0 Å². The highest BCUT2D eigenvalue weighted by Crippen LogP contribution is 2.45. The lowest BCUT2D eigenvalue weighted by Crippen LogP contribution is -2.32. The van der Waals surface area contributed by atoms with Gasteiger partial charge in [-0.2, -0.15) is 13.2 Å². The molecule has 0 spiro atoms. The van der Waals surface area contributed by atoms with E-state index in [-0.39, 0.29) is 70.7 Å². The third-order valence-corrected chi connectivity index (χ3v) is 6.21. The molecule has 2 aliphatic heterocycles. The third-order valence-electron chi connectivity index (χ3n) is 6.21. The molecule has 1 atom stereocenters. The molecule has 1 aromatic carbocycles. The molecule has 0 saturated heterocycles. The number of phenols is 1. The fourth-order valence-electron chi connectivity index (χ4n) is 4.59. The predicted octanol–water partition coefficient (Wildman–Crippen LogP) is 3.19. The number of carbonyl (C=O) groups excluding carboxylic acids is 1. The lowest BCUT2D eigenvalue weighted by Gasteiger charge is -2.26. The van der Waals surface area contributed by atoms with E-state index >= 15 is 0 Å². The van der Waals surface area contributed by atoms with Crippen LogP contribution >= 0.6 is 0 Å². The van der Waals surface area contributed by atoms with Gasteiger partial charge in [-0.05, 0) is 36.2 Å². The van der Waals surface area contributed by atoms with E-state index in [0.29, 0.717) is 0 Å². The maximum Gasteiger partial charge on any atom is 0.417 e. The Morgan fingerprint density at radius 2 is 1.97 bits per heavy atom. The van der Waals surface area contributed by atoms with Crippen molar-refractivity contribution >= 4 is 16.9 Å². The Morgan fingerprint density at radius 3 is 2.66 bits per heavy atom. The van der Waals surface area contributed by atoms with E-state index in [1.807, 2.05) is 0 Å². The lowest BCUT2D eigenvalue weighted by atomic mass is 9.85. The molecular formula is C22H17F3N2O5. The van der Waals surface area contributed by atoms with Crippen LogP contribution in [0.15, 0.2) is 29.1 Å². The van der Waals surface area contributed by atoms with Crippen molar-refractivity contribution in [2.45, 2.75) is 44.7 Å². The summed E-state index contributed by atoms with van der Waals surface area (Å²) in [5, 5.41) is 20.6. The first-order chi connectivity index (χ1) is 15.0. The number of rotatable bonds is 1. The number of benzene rings is 1. The van der Waals surface area contributed by atoms with Gasteiger partial charge in [0.05, 0.1) is 41.0 Å². The molecule has 7 nitrogen and oxygen atoms in total. The van der Waals surface area contributed by atoms with Crippen LogP contribution in [-0.4, -0.2) is 25.7 Å². The fraction of sp³-hybridized carbons (Fsp3) is 0.318. The van der Waals surface area contributed by atoms with Crippen molar-refractivity contribution in [3.8, 4) is 17.1 Å². The van der Waals surface area contributed by atoms with Crippen molar-refractivity contribution in [1.29, 1.82) is 0 Å². The van der Waals surface area contributed by atoms with E-state index in [2.05, 4.69) is 4.98 Å². The number of esters is 1. The topological polar surface area (TPSA) is 102 Å².